The molecule has 1 aromatic carbocycles. The lowest BCUT2D eigenvalue weighted by atomic mass is 10.1. The van der Waals surface area contributed by atoms with Gasteiger partial charge < -0.3 is 13.9 Å². The Balaban J connectivity index is 1.74. The highest BCUT2D eigenvalue weighted by atomic mass is 32.2. The van der Waals surface area contributed by atoms with Gasteiger partial charge in [-0.25, -0.2) is 0 Å². The van der Waals surface area contributed by atoms with Crippen molar-refractivity contribution in [1.82, 2.24) is 5.32 Å². The summed E-state index contributed by atoms with van der Waals surface area (Å²) in [6.07, 6.45) is 3.57. The average Bonchev–Trinajstić information content (AvgIpc) is 3.29. The number of halogens is 3. The Morgan fingerprint density at radius 3 is 2.68 bits per heavy atom. The van der Waals surface area contributed by atoms with Gasteiger partial charge in [0, 0.05) is 23.4 Å². The number of furan rings is 1. The smallest absolute Gasteiger partial charge is 0.464 e. The van der Waals surface area contributed by atoms with Gasteiger partial charge in [-0.05, 0) is 37.5 Å². The van der Waals surface area contributed by atoms with Crippen LogP contribution in [0.4, 0.5) is 13.2 Å². The van der Waals surface area contributed by atoms with Gasteiger partial charge in [-0.15, -0.1) is 0 Å². The molecule has 1 amide bonds. The highest BCUT2D eigenvalue weighted by Crippen LogP contribution is 2.31. The number of hydrogen-bond donors (Lipinski definition) is 1. The first-order chi connectivity index (χ1) is 11.7. The molecule has 1 heterocycles. The van der Waals surface area contributed by atoms with Gasteiger partial charge in [0.1, 0.15) is 11.3 Å². The molecule has 0 spiro atoms. The van der Waals surface area contributed by atoms with Crippen molar-refractivity contribution in [3.63, 3.8) is 0 Å². The molecule has 1 aliphatic carbocycles. The number of alkyl halides is 3. The van der Waals surface area contributed by atoms with Crippen molar-refractivity contribution in [2.45, 2.75) is 24.8 Å². The first kappa shape index (κ1) is 17.6. The molecule has 136 valence electrons. The molecule has 0 atom stereocenters. The second-order valence-electron chi connectivity index (χ2n) is 5.72. The minimum absolute atomic E-state index is 0.0203. The van der Waals surface area contributed by atoms with Crippen molar-refractivity contribution >= 4 is 27.0 Å². The Labute approximate surface area is 141 Å². The monoisotopic (exact) mass is 377 g/mol. The quantitative estimate of drug-likeness (QED) is 0.618. The van der Waals surface area contributed by atoms with E-state index in [1.165, 1.54) is 18.4 Å². The first-order valence-corrected chi connectivity index (χ1v) is 8.87. The Bertz CT molecular complexity index is 900. The van der Waals surface area contributed by atoms with Gasteiger partial charge in [0.25, 0.3) is 0 Å². The fourth-order valence-electron chi connectivity index (χ4n) is 2.29. The van der Waals surface area contributed by atoms with Gasteiger partial charge in [-0.1, -0.05) is 0 Å². The van der Waals surface area contributed by atoms with Crippen LogP contribution in [0.3, 0.4) is 0 Å². The maximum absolute atomic E-state index is 12.4. The van der Waals surface area contributed by atoms with Crippen LogP contribution in [0.1, 0.15) is 18.4 Å². The standard InChI is InChI=1S/C15H14F3NO5S/c16-15(17,18)25(21,22)24-11-3-4-13-12(7-11)10(8-23-13)5-6-19-14(20)9-1-2-9/h3-4,7-9H,1-2,5-6H2,(H,19,20). The SMILES string of the molecule is O=C(NCCc1coc2ccc(OS(=O)(=O)C(F)(F)F)cc12)C1CC1. The van der Waals surface area contributed by atoms with E-state index in [0.717, 1.165) is 18.9 Å². The molecule has 1 N–H and O–H groups in total. The molecule has 2 aromatic rings. The van der Waals surface area contributed by atoms with E-state index in [0.29, 0.717) is 29.5 Å². The predicted molar refractivity (Wildman–Crippen MR) is 81.3 cm³/mol. The molecule has 1 aliphatic rings. The van der Waals surface area contributed by atoms with Crippen LogP contribution in [-0.4, -0.2) is 26.4 Å². The third-order valence-electron chi connectivity index (χ3n) is 3.76. The molecule has 0 radical (unpaired) electrons. The van der Waals surface area contributed by atoms with Crippen LogP contribution in [0, 0.1) is 5.92 Å². The summed E-state index contributed by atoms with van der Waals surface area (Å²) >= 11 is 0. The zero-order valence-corrected chi connectivity index (χ0v) is 13.6. The van der Waals surface area contributed by atoms with Gasteiger partial charge in [-0.2, -0.15) is 21.6 Å². The van der Waals surface area contributed by atoms with E-state index in [4.69, 9.17) is 4.42 Å². The van der Waals surface area contributed by atoms with E-state index in [1.807, 2.05) is 0 Å². The van der Waals surface area contributed by atoms with Crippen molar-refractivity contribution in [2.24, 2.45) is 5.92 Å². The van der Waals surface area contributed by atoms with Crippen LogP contribution in [0.15, 0.2) is 28.9 Å². The number of hydrogen-bond acceptors (Lipinski definition) is 5. The molecule has 1 aromatic heterocycles. The molecule has 0 saturated heterocycles. The zero-order chi connectivity index (χ0) is 18.2. The molecular formula is C15H14F3NO5S. The third kappa shape index (κ3) is 3.89. The number of fused-ring (bicyclic) bond motifs is 1. The lowest BCUT2D eigenvalue weighted by Crippen LogP contribution is -2.28. The van der Waals surface area contributed by atoms with Gasteiger partial charge in [-0.3, -0.25) is 4.79 Å². The van der Waals surface area contributed by atoms with Crippen molar-refractivity contribution in [3.05, 3.63) is 30.0 Å². The summed E-state index contributed by atoms with van der Waals surface area (Å²) in [7, 11) is -5.73. The Kier molecular flexibility index (Phi) is 4.40. The molecule has 0 bridgehead atoms. The van der Waals surface area contributed by atoms with Crippen LogP contribution in [-0.2, 0) is 21.3 Å². The van der Waals surface area contributed by atoms with Crippen molar-refractivity contribution in [1.29, 1.82) is 0 Å². The minimum atomic E-state index is -5.73. The van der Waals surface area contributed by atoms with E-state index in [-0.39, 0.29) is 11.8 Å². The van der Waals surface area contributed by atoms with Crippen LogP contribution >= 0.6 is 0 Å². The highest BCUT2D eigenvalue weighted by Gasteiger charge is 2.48. The summed E-state index contributed by atoms with van der Waals surface area (Å²) in [4.78, 5) is 11.6. The van der Waals surface area contributed by atoms with Crippen molar-refractivity contribution in [3.8, 4) is 5.75 Å². The summed E-state index contributed by atoms with van der Waals surface area (Å²) in [5, 5.41) is 3.19. The maximum atomic E-state index is 12.4. The van der Waals surface area contributed by atoms with Gasteiger partial charge in [0.2, 0.25) is 5.91 Å². The summed E-state index contributed by atoms with van der Waals surface area (Å²) in [6.45, 7) is 0.343. The Hall–Kier alpha value is -2.23. The molecule has 25 heavy (non-hydrogen) atoms. The topological polar surface area (TPSA) is 85.6 Å². The Morgan fingerprint density at radius 1 is 1.32 bits per heavy atom. The second kappa shape index (κ2) is 6.25. The number of carbonyl (C=O) groups is 1. The van der Waals surface area contributed by atoms with E-state index < -0.39 is 21.4 Å². The summed E-state index contributed by atoms with van der Waals surface area (Å²) in [5.41, 5.74) is -4.50. The lowest BCUT2D eigenvalue weighted by Gasteiger charge is -2.09. The van der Waals surface area contributed by atoms with E-state index in [1.54, 1.807) is 0 Å². The van der Waals surface area contributed by atoms with Crippen molar-refractivity contribution in [2.75, 3.05) is 6.54 Å². The van der Waals surface area contributed by atoms with Crippen LogP contribution in [0.25, 0.3) is 11.0 Å². The van der Waals surface area contributed by atoms with Crippen LogP contribution in [0.2, 0.25) is 0 Å². The molecule has 1 saturated carbocycles. The predicted octanol–water partition coefficient (Wildman–Crippen LogP) is 2.73. The molecule has 3 rings (SSSR count). The normalized spacial score (nSPS) is 15.3. The number of carbonyl (C=O) groups excluding carboxylic acids is 1. The molecule has 10 heteroatoms. The molecular weight excluding hydrogens is 363 g/mol. The number of benzene rings is 1. The van der Waals surface area contributed by atoms with E-state index in [9.17, 15) is 26.4 Å². The van der Waals surface area contributed by atoms with Crippen LogP contribution < -0.4 is 9.50 Å². The number of amides is 1. The molecule has 1 fully saturated rings. The third-order valence-corrected chi connectivity index (χ3v) is 4.74. The maximum Gasteiger partial charge on any atom is 0.534 e. The highest BCUT2D eigenvalue weighted by molar-refractivity contribution is 7.88. The summed E-state index contributed by atoms with van der Waals surface area (Å²) in [6, 6.07) is 3.57. The molecule has 6 nitrogen and oxygen atoms in total. The fraction of sp³-hybridized carbons (Fsp3) is 0.400. The van der Waals surface area contributed by atoms with Gasteiger partial charge in [0.15, 0.2) is 0 Å². The lowest BCUT2D eigenvalue weighted by molar-refractivity contribution is -0.122. The summed E-state index contributed by atoms with van der Waals surface area (Å²) < 4.78 is 68.7. The molecule has 0 unspecified atom stereocenters. The molecule has 0 aliphatic heterocycles. The van der Waals surface area contributed by atoms with Gasteiger partial charge in [0.05, 0.1) is 6.26 Å². The van der Waals surface area contributed by atoms with Crippen molar-refractivity contribution < 1.29 is 35.0 Å². The summed E-state index contributed by atoms with van der Waals surface area (Å²) in [5.74, 6) is -0.406. The number of nitrogens with one attached hydrogen (secondary N) is 1. The largest absolute Gasteiger partial charge is 0.534 e. The van der Waals surface area contributed by atoms with Crippen LogP contribution in [0.5, 0.6) is 5.75 Å². The zero-order valence-electron chi connectivity index (χ0n) is 12.8. The van der Waals surface area contributed by atoms with Gasteiger partial charge >= 0.3 is 15.6 Å². The van der Waals surface area contributed by atoms with E-state index in [2.05, 4.69) is 9.50 Å². The second-order valence-corrected chi connectivity index (χ2v) is 7.26. The average molecular weight is 377 g/mol. The first-order valence-electron chi connectivity index (χ1n) is 7.46. The van der Waals surface area contributed by atoms with E-state index >= 15 is 0 Å². The Morgan fingerprint density at radius 2 is 2.04 bits per heavy atom. The minimum Gasteiger partial charge on any atom is -0.464 e. The number of rotatable bonds is 6. The fourth-order valence-corrected chi connectivity index (χ4v) is 2.74.